The third-order valence-corrected chi connectivity index (χ3v) is 3.67. The number of nitrogens with one attached hydrogen (secondary N) is 1. The molecule has 0 amide bonds. The van der Waals surface area contributed by atoms with Crippen LogP contribution < -0.4 is 5.32 Å². The Hall–Kier alpha value is -1.57. The predicted molar refractivity (Wildman–Crippen MR) is 71.0 cm³/mol. The normalized spacial score (nSPS) is 10.0. The molecule has 0 saturated heterocycles. The number of anilines is 2. The quantitative estimate of drug-likeness (QED) is 0.890. The molecule has 0 bridgehead atoms. The lowest BCUT2D eigenvalue weighted by Gasteiger charge is -2.04. The maximum Gasteiger partial charge on any atom is 0.187 e. The Kier molecular flexibility index (Phi) is 3.32. The molecule has 17 heavy (non-hydrogen) atoms. The van der Waals surface area contributed by atoms with Crippen molar-refractivity contribution in [1.82, 2.24) is 4.98 Å². The number of aromatic nitrogens is 1. The van der Waals surface area contributed by atoms with Crippen LogP contribution >= 0.6 is 22.9 Å². The maximum absolute atomic E-state index is 8.74. The summed E-state index contributed by atoms with van der Waals surface area (Å²) in [6, 6.07) is 7.19. The molecule has 0 aliphatic rings. The van der Waals surface area contributed by atoms with Gasteiger partial charge in [0.15, 0.2) is 5.13 Å². The van der Waals surface area contributed by atoms with Gasteiger partial charge in [-0.05, 0) is 32.0 Å². The van der Waals surface area contributed by atoms with Crippen LogP contribution in [0.3, 0.4) is 0 Å². The van der Waals surface area contributed by atoms with Gasteiger partial charge in [0.05, 0.1) is 28.0 Å². The molecule has 2 rings (SSSR count). The summed E-state index contributed by atoms with van der Waals surface area (Å²) in [6.07, 6.45) is 0. The maximum atomic E-state index is 8.74. The number of rotatable bonds is 2. The smallest absolute Gasteiger partial charge is 0.187 e. The summed E-state index contributed by atoms with van der Waals surface area (Å²) in [6.45, 7) is 4.00. The van der Waals surface area contributed by atoms with Crippen LogP contribution in [0, 0.1) is 25.2 Å². The summed E-state index contributed by atoms with van der Waals surface area (Å²) < 4.78 is 0. The summed E-state index contributed by atoms with van der Waals surface area (Å²) in [5, 5.41) is 13.2. The van der Waals surface area contributed by atoms with E-state index < -0.39 is 0 Å². The van der Waals surface area contributed by atoms with Crippen molar-refractivity contribution in [1.29, 1.82) is 5.26 Å². The summed E-state index contributed by atoms with van der Waals surface area (Å²) in [4.78, 5) is 5.55. The van der Waals surface area contributed by atoms with Crippen LogP contribution in [-0.2, 0) is 0 Å². The molecule has 1 aromatic carbocycles. The molecule has 0 atom stereocenters. The molecule has 3 nitrogen and oxygen atoms in total. The Labute approximate surface area is 109 Å². The second-order valence-corrected chi connectivity index (χ2v) is 5.20. The van der Waals surface area contributed by atoms with Gasteiger partial charge in [-0.15, -0.1) is 11.3 Å². The molecule has 0 unspecified atom stereocenters. The second-order valence-electron chi connectivity index (χ2n) is 3.59. The van der Waals surface area contributed by atoms with Gasteiger partial charge < -0.3 is 5.32 Å². The van der Waals surface area contributed by atoms with Crippen LogP contribution in [0.5, 0.6) is 0 Å². The van der Waals surface area contributed by atoms with Crippen molar-refractivity contribution >= 4 is 33.8 Å². The first kappa shape index (κ1) is 11.9. The Bertz CT molecular complexity index is 579. The van der Waals surface area contributed by atoms with E-state index in [1.54, 1.807) is 29.5 Å². The number of nitrogens with zero attached hydrogens (tertiary/aromatic N) is 2. The van der Waals surface area contributed by atoms with E-state index in [0.717, 1.165) is 16.5 Å². The molecule has 0 radical (unpaired) electrons. The van der Waals surface area contributed by atoms with Gasteiger partial charge in [-0.3, -0.25) is 0 Å². The SMILES string of the molecule is Cc1nc(Nc2ccc(C#N)cc2Cl)sc1C. The van der Waals surface area contributed by atoms with Gasteiger partial charge in [0.1, 0.15) is 0 Å². The third-order valence-electron chi connectivity index (χ3n) is 2.37. The van der Waals surface area contributed by atoms with Gasteiger partial charge >= 0.3 is 0 Å². The zero-order valence-electron chi connectivity index (χ0n) is 9.41. The van der Waals surface area contributed by atoms with E-state index >= 15 is 0 Å². The Morgan fingerprint density at radius 1 is 1.41 bits per heavy atom. The minimum absolute atomic E-state index is 0.523. The summed E-state index contributed by atoms with van der Waals surface area (Å²) >= 11 is 7.65. The highest BCUT2D eigenvalue weighted by molar-refractivity contribution is 7.15. The van der Waals surface area contributed by atoms with Gasteiger partial charge in [0.25, 0.3) is 0 Å². The molecule has 0 saturated carbocycles. The van der Waals surface area contributed by atoms with Gasteiger partial charge in [-0.2, -0.15) is 5.26 Å². The summed E-state index contributed by atoms with van der Waals surface area (Å²) in [7, 11) is 0. The molecule has 0 aliphatic carbocycles. The van der Waals surface area contributed by atoms with Crippen LogP contribution in [0.15, 0.2) is 18.2 Å². The minimum Gasteiger partial charge on any atom is -0.330 e. The van der Waals surface area contributed by atoms with Crippen molar-refractivity contribution in [2.75, 3.05) is 5.32 Å². The molecular formula is C12H10ClN3S. The van der Waals surface area contributed by atoms with E-state index in [9.17, 15) is 0 Å². The Morgan fingerprint density at radius 3 is 2.71 bits per heavy atom. The largest absolute Gasteiger partial charge is 0.330 e. The van der Waals surface area contributed by atoms with Crippen LogP contribution in [0.2, 0.25) is 5.02 Å². The monoisotopic (exact) mass is 263 g/mol. The second kappa shape index (κ2) is 4.74. The standard InChI is InChI=1S/C12H10ClN3S/c1-7-8(2)17-12(15-7)16-11-4-3-9(6-14)5-10(11)13/h3-5H,1-2H3,(H,15,16). The van der Waals surface area contributed by atoms with Crippen molar-refractivity contribution in [3.8, 4) is 6.07 Å². The van der Waals surface area contributed by atoms with Crippen LogP contribution in [-0.4, -0.2) is 4.98 Å². The van der Waals surface area contributed by atoms with Crippen molar-refractivity contribution in [3.63, 3.8) is 0 Å². The lowest BCUT2D eigenvalue weighted by molar-refractivity contribution is 1.23. The number of nitriles is 1. The fourth-order valence-electron chi connectivity index (χ4n) is 1.33. The highest BCUT2D eigenvalue weighted by Crippen LogP contribution is 2.29. The highest BCUT2D eigenvalue weighted by atomic mass is 35.5. The van der Waals surface area contributed by atoms with Crippen molar-refractivity contribution in [3.05, 3.63) is 39.4 Å². The average Bonchev–Trinajstić information content (AvgIpc) is 2.61. The molecule has 0 aliphatic heterocycles. The number of hydrogen-bond acceptors (Lipinski definition) is 4. The van der Waals surface area contributed by atoms with E-state index in [1.165, 1.54) is 4.88 Å². The van der Waals surface area contributed by atoms with Crippen molar-refractivity contribution < 1.29 is 0 Å². The molecule has 0 spiro atoms. The first-order chi connectivity index (χ1) is 8.10. The van der Waals surface area contributed by atoms with Crippen molar-refractivity contribution in [2.45, 2.75) is 13.8 Å². The fourth-order valence-corrected chi connectivity index (χ4v) is 2.38. The molecule has 1 N–H and O–H groups in total. The third kappa shape index (κ3) is 2.57. The number of hydrogen-bond donors (Lipinski definition) is 1. The van der Waals surface area contributed by atoms with E-state index in [1.807, 2.05) is 19.9 Å². The molecule has 0 fully saturated rings. The number of thiazole rings is 1. The molecule has 1 aromatic heterocycles. The van der Waals surface area contributed by atoms with E-state index in [2.05, 4.69) is 10.3 Å². The predicted octanol–water partition coefficient (Wildman–Crippen LogP) is 4.03. The lowest BCUT2D eigenvalue weighted by Crippen LogP contribution is -1.91. The molecule has 86 valence electrons. The van der Waals surface area contributed by atoms with Gasteiger partial charge in [0.2, 0.25) is 0 Å². The average molecular weight is 264 g/mol. The molecular weight excluding hydrogens is 254 g/mol. The van der Waals surface area contributed by atoms with Crippen LogP contribution in [0.1, 0.15) is 16.1 Å². The van der Waals surface area contributed by atoms with Crippen molar-refractivity contribution in [2.24, 2.45) is 0 Å². The minimum atomic E-state index is 0.523. The molecule has 1 heterocycles. The van der Waals surface area contributed by atoms with E-state index in [0.29, 0.717) is 10.6 Å². The van der Waals surface area contributed by atoms with Gasteiger partial charge in [0, 0.05) is 4.88 Å². The van der Waals surface area contributed by atoms with Gasteiger partial charge in [-0.25, -0.2) is 4.98 Å². The topological polar surface area (TPSA) is 48.7 Å². The number of aryl methyl sites for hydroxylation is 2. The summed E-state index contributed by atoms with van der Waals surface area (Å²) in [5.74, 6) is 0. The fraction of sp³-hybridized carbons (Fsp3) is 0.167. The zero-order valence-corrected chi connectivity index (χ0v) is 11.0. The summed E-state index contributed by atoms with van der Waals surface area (Å²) in [5.41, 5.74) is 2.33. The zero-order chi connectivity index (χ0) is 12.4. The Morgan fingerprint density at radius 2 is 2.18 bits per heavy atom. The van der Waals surface area contributed by atoms with Crippen LogP contribution in [0.4, 0.5) is 10.8 Å². The van der Waals surface area contributed by atoms with E-state index in [4.69, 9.17) is 16.9 Å². The number of benzene rings is 1. The van der Waals surface area contributed by atoms with Gasteiger partial charge in [-0.1, -0.05) is 11.6 Å². The highest BCUT2D eigenvalue weighted by Gasteiger charge is 2.06. The number of halogens is 1. The first-order valence-corrected chi connectivity index (χ1v) is 6.20. The van der Waals surface area contributed by atoms with Crippen LogP contribution in [0.25, 0.3) is 0 Å². The lowest BCUT2D eigenvalue weighted by atomic mass is 10.2. The van der Waals surface area contributed by atoms with E-state index in [-0.39, 0.29) is 0 Å². The molecule has 2 aromatic rings. The first-order valence-electron chi connectivity index (χ1n) is 5.01. The molecule has 5 heteroatoms. The Balaban J connectivity index is 2.28.